The summed E-state index contributed by atoms with van der Waals surface area (Å²) in [6.07, 6.45) is -4.77. The minimum atomic E-state index is -4.77. The van der Waals surface area contributed by atoms with Crippen molar-refractivity contribution in [1.29, 1.82) is 0 Å². The first-order valence-corrected chi connectivity index (χ1v) is 11.3. The van der Waals surface area contributed by atoms with E-state index in [4.69, 9.17) is 27.9 Å². The maximum atomic E-state index is 13.1. The van der Waals surface area contributed by atoms with E-state index in [1.54, 1.807) is 0 Å². The van der Waals surface area contributed by atoms with Crippen molar-refractivity contribution < 1.29 is 31.1 Å². The van der Waals surface area contributed by atoms with Gasteiger partial charge in [-0.3, -0.25) is 9.52 Å². The number of sulfonamides is 1. The van der Waals surface area contributed by atoms with E-state index in [0.717, 1.165) is 18.2 Å². The predicted molar refractivity (Wildman–Crippen MR) is 120 cm³/mol. The molecule has 0 unspecified atom stereocenters. The molecular weight excluding hydrogens is 504 g/mol. The molecule has 0 bridgehead atoms. The van der Waals surface area contributed by atoms with E-state index in [9.17, 15) is 26.4 Å². The van der Waals surface area contributed by atoms with E-state index in [-0.39, 0.29) is 27.6 Å². The number of ether oxygens (including phenoxy) is 1. The highest BCUT2D eigenvalue weighted by molar-refractivity contribution is 7.92. The summed E-state index contributed by atoms with van der Waals surface area (Å²) in [4.78, 5) is 12.2. The molecule has 0 atom stereocenters. The van der Waals surface area contributed by atoms with Gasteiger partial charge in [-0.25, -0.2) is 8.42 Å². The molecule has 0 saturated heterocycles. The number of nitrogens with one attached hydrogen (secondary N) is 2. The minimum Gasteiger partial charge on any atom is -0.495 e. The van der Waals surface area contributed by atoms with Crippen LogP contribution in [-0.4, -0.2) is 21.4 Å². The number of halogens is 5. The quantitative estimate of drug-likeness (QED) is 0.414. The number of methoxy groups -OCH3 is 1. The Morgan fingerprint density at radius 1 is 0.970 bits per heavy atom. The second-order valence-corrected chi connectivity index (χ2v) is 9.15. The average Bonchev–Trinajstić information content (AvgIpc) is 2.74. The summed E-state index contributed by atoms with van der Waals surface area (Å²) >= 11 is 11.4. The third kappa shape index (κ3) is 5.89. The average molecular weight is 519 g/mol. The van der Waals surface area contributed by atoms with E-state index >= 15 is 0 Å². The molecule has 0 aliphatic heterocycles. The first-order chi connectivity index (χ1) is 15.4. The Kier molecular flexibility index (Phi) is 7.11. The molecule has 0 aliphatic carbocycles. The Labute approximate surface area is 197 Å². The van der Waals surface area contributed by atoms with Crippen LogP contribution in [0.4, 0.5) is 24.5 Å². The molecule has 0 heterocycles. The first-order valence-electron chi connectivity index (χ1n) is 9.05. The molecule has 3 rings (SSSR count). The number of carbonyl (C=O) groups excluding carboxylic acids is 1. The molecule has 0 fully saturated rings. The monoisotopic (exact) mass is 518 g/mol. The summed E-state index contributed by atoms with van der Waals surface area (Å²) in [5, 5.41) is 2.41. The van der Waals surface area contributed by atoms with Gasteiger partial charge in [0.2, 0.25) is 0 Å². The lowest BCUT2D eigenvalue weighted by Gasteiger charge is -2.15. The fourth-order valence-electron chi connectivity index (χ4n) is 2.77. The molecule has 0 saturated carbocycles. The highest BCUT2D eigenvalue weighted by atomic mass is 35.5. The molecule has 0 radical (unpaired) electrons. The van der Waals surface area contributed by atoms with Crippen LogP contribution in [0, 0.1) is 0 Å². The summed E-state index contributed by atoms with van der Waals surface area (Å²) in [6.45, 7) is 0. The fraction of sp³-hybridized carbons (Fsp3) is 0.0952. The molecule has 6 nitrogen and oxygen atoms in total. The van der Waals surface area contributed by atoms with Crippen molar-refractivity contribution in [1.82, 2.24) is 0 Å². The molecule has 12 heteroatoms. The number of hydrogen-bond donors (Lipinski definition) is 2. The van der Waals surface area contributed by atoms with Gasteiger partial charge in [0.05, 0.1) is 28.3 Å². The Bertz CT molecular complexity index is 1300. The second-order valence-electron chi connectivity index (χ2n) is 6.62. The van der Waals surface area contributed by atoms with E-state index in [1.165, 1.54) is 43.5 Å². The maximum Gasteiger partial charge on any atom is 0.417 e. The van der Waals surface area contributed by atoms with Gasteiger partial charge >= 0.3 is 6.18 Å². The number of amides is 1. The number of hydrogen-bond acceptors (Lipinski definition) is 4. The standard InChI is InChI=1S/C21H15Cl2F3N2O4S/c1-32-19-9-7-15(11-18(19)27-20(29)12-2-4-13(22)5-3-12)33(30,31)28-14-6-8-17(23)16(10-14)21(24,25)26/h2-11,28H,1H3,(H,27,29). The maximum absolute atomic E-state index is 13.1. The highest BCUT2D eigenvalue weighted by Crippen LogP contribution is 2.37. The van der Waals surface area contributed by atoms with Crippen molar-refractivity contribution in [3.05, 3.63) is 81.8 Å². The van der Waals surface area contributed by atoms with Gasteiger partial charge in [-0.15, -0.1) is 0 Å². The molecule has 3 aromatic carbocycles. The predicted octanol–water partition coefficient (Wildman–Crippen LogP) is 6.07. The van der Waals surface area contributed by atoms with Crippen molar-refractivity contribution in [2.24, 2.45) is 0 Å². The molecule has 174 valence electrons. The number of benzene rings is 3. The van der Waals surface area contributed by atoms with Crippen LogP contribution in [-0.2, 0) is 16.2 Å². The first kappa shape index (κ1) is 24.7. The van der Waals surface area contributed by atoms with Crippen LogP contribution in [0.1, 0.15) is 15.9 Å². The molecule has 0 aromatic heterocycles. The number of anilines is 2. The summed E-state index contributed by atoms with van der Waals surface area (Å²) in [6, 6.07) is 12.2. The van der Waals surface area contributed by atoms with Crippen LogP contribution in [0.3, 0.4) is 0 Å². The van der Waals surface area contributed by atoms with Gasteiger partial charge < -0.3 is 10.1 Å². The molecular formula is C21H15Cl2F3N2O4S. The van der Waals surface area contributed by atoms with Gasteiger partial charge in [0.15, 0.2) is 0 Å². The van der Waals surface area contributed by atoms with Crippen LogP contribution in [0.2, 0.25) is 10.0 Å². The number of alkyl halides is 3. The largest absolute Gasteiger partial charge is 0.495 e. The lowest BCUT2D eigenvalue weighted by Crippen LogP contribution is -2.16. The highest BCUT2D eigenvalue weighted by Gasteiger charge is 2.33. The lowest BCUT2D eigenvalue weighted by atomic mass is 10.2. The normalized spacial score (nSPS) is 11.7. The minimum absolute atomic E-state index is 0.0346. The Hall–Kier alpha value is -2.95. The van der Waals surface area contributed by atoms with Gasteiger partial charge in [-0.1, -0.05) is 23.2 Å². The summed E-state index contributed by atoms with van der Waals surface area (Å²) in [5.74, 6) is -0.387. The van der Waals surface area contributed by atoms with E-state index < -0.39 is 32.7 Å². The van der Waals surface area contributed by atoms with Crippen molar-refractivity contribution in [2.45, 2.75) is 11.1 Å². The molecule has 33 heavy (non-hydrogen) atoms. The van der Waals surface area contributed by atoms with Crippen molar-refractivity contribution in [2.75, 3.05) is 17.1 Å². The van der Waals surface area contributed by atoms with Crippen LogP contribution in [0.15, 0.2) is 65.6 Å². The van der Waals surface area contributed by atoms with Gasteiger partial charge in [-0.2, -0.15) is 13.2 Å². The molecule has 0 spiro atoms. The molecule has 2 N–H and O–H groups in total. The lowest BCUT2D eigenvalue weighted by molar-refractivity contribution is -0.137. The van der Waals surface area contributed by atoms with E-state index in [0.29, 0.717) is 11.1 Å². The second kappa shape index (κ2) is 9.50. The summed E-state index contributed by atoms with van der Waals surface area (Å²) in [7, 11) is -3.00. The van der Waals surface area contributed by atoms with Crippen molar-refractivity contribution >= 4 is 50.5 Å². The van der Waals surface area contributed by atoms with Gasteiger partial charge in [-0.05, 0) is 60.7 Å². The fourth-order valence-corrected chi connectivity index (χ4v) is 4.19. The molecule has 0 aliphatic rings. The molecule has 1 amide bonds. The third-order valence-corrected chi connectivity index (χ3v) is 6.32. The SMILES string of the molecule is COc1ccc(S(=O)(=O)Nc2ccc(Cl)c(C(F)(F)F)c2)cc1NC(=O)c1ccc(Cl)cc1. The van der Waals surface area contributed by atoms with Crippen molar-refractivity contribution in [3.8, 4) is 5.75 Å². The number of rotatable bonds is 6. The smallest absolute Gasteiger partial charge is 0.417 e. The van der Waals surface area contributed by atoms with Crippen LogP contribution < -0.4 is 14.8 Å². The van der Waals surface area contributed by atoms with E-state index in [2.05, 4.69) is 10.0 Å². The summed E-state index contributed by atoms with van der Waals surface area (Å²) in [5.41, 5.74) is -1.23. The number of carbonyl (C=O) groups is 1. The Morgan fingerprint density at radius 3 is 2.24 bits per heavy atom. The van der Waals surface area contributed by atoms with E-state index in [1.807, 2.05) is 0 Å². The zero-order chi connectivity index (χ0) is 24.4. The van der Waals surface area contributed by atoms with Gasteiger partial charge in [0, 0.05) is 16.3 Å². The molecule has 3 aromatic rings. The van der Waals surface area contributed by atoms with Gasteiger partial charge in [0.1, 0.15) is 5.75 Å². The van der Waals surface area contributed by atoms with Gasteiger partial charge in [0.25, 0.3) is 15.9 Å². The zero-order valence-electron chi connectivity index (χ0n) is 16.7. The third-order valence-electron chi connectivity index (χ3n) is 4.36. The van der Waals surface area contributed by atoms with Crippen LogP contribution >= 0.6 is 23.2 Å². The van der Waals surface area contributed by atoms with Crippen LogP contribution in [0.5, 0.6) is 5.75 Å². The summed E-state index contributed by atoms with van der Waals surface area (Å²) < 4.78 is 72.1. The van der Waals surface area contributed by atoms with Crippen LogP contribution in [0.25, 0.3) is 0 Å². The zero-order valence-corrected chi connectivity index (χ0v) is 19.0. The van der Waals surface area contributed by atoms with Crippen molar-refractivity contribution in [3.63, 3.8) is 0 Å². The topological polar surface area (TPSA) is 84.5 Å². The Morgan fingerprint density at radius 2 is 1.64 bits per heavy atom. The Balaban J connectivity index is 1.91.